The summed E-state index contributed by atoms with van der Waals surface area (Å²) in [6, 6.07) is 11.6. The fraction of sp³-hybridized carbons (Fsp3) is 0.267. The summed E-state index contributed by atoms with van der Waals surface area (Å²) in [5, 5.41) is 2.08. The summed E-state index contributed by atoms with van der Waals surface area (Å²) in [7, 11) is 0. The second-order valence-electron chi connectivity index (χ2n) is 2.83. The molecule has 92 valence electrons. The number of carbonyl (C=O) groups excluding carboxylic acids is 1. The van der Waals surface area contributed by atoms with Crippen LogP contribution < -0.4 is 0 Å². The largest absolute Gasteiger partial charge is 0.298 e. The van der Waals surface area contributed by atoms with Gasteiger partial charge in [-0.2, -0.15) is 0 Å². The maximum Gasteiger partial charge on any atom is 0.150 e. The van der Waals surface area contributed by atoms with Crippen molar-refractivity contribution in [1.29, 1.82) is 0 Å². The van der Waals surface area contributed by atoms with Crippen LogP contribution in [-0.4, -0.2) is 6.29 Å². The second-order valence-corrected chi connectivity index (χ2v) is 3.75. The Morgan fingerprint density at radius 3 is 2.24 bits per heavy atom. The Labute approximate surface area is 112 Å². The van der Waals surface area contributed by atoms with E-state index in [1.165, 1.54) is 0 Å². The third-order valence-corrected chi connectivity index (χ3v) is 2.50. The van der Waals surface area contributed by atoms with Crippen molar-refractivity contribution >= 4 is 33.0 Å². The van der Waals surface area contributed by atoms with E-state index in [4.69, 9.17) is 0 Å². The molecule has 0 radical (unpaired) electrons. The van der Waals surface area contributed by atoms with Crippen molar-refractivity contribution in [3.8, 4) is 0 Å². The minimum absolute atomic E-state index is 0.735. The standard InChI is InChI=1S/C11H7BrO.2C2H6/c12-10-5-4-8-2-1-3-9(7-13)11(8)6-10;2*1-2/h1-7H;2*1-2H3. The summed E-state index contributed by atoms with van der Waals surface area (Å²) < 4.78 is 0.995. The Hall–Kier alpha value is -1.15. The fourth-order valence-corrected chi connectivity index (χ4v) is 1.73. The van der Waals surface area contributed by atoms with Crippen molar-refractivity contribution in [1.82, 2.24) is 0 Å². The van der Waals surface area contributed by atoms with Gasteiger partial charge in [0.25, 0.3) is 0 Å². The molecule has 0 aliphatic rings. The van der Waals surface area contributed by atoms with Gasteiger partial charge in [-0.1, -0.05) is 67.9 Å². The van der Waals surface area contributed by atoms with E-state index in [-0.39, 0.29) is 0 Å². The van der Waals surface area contributed by atoms with Crippen LogP contribution in [0.2, 0.25) is 0 Å². The fourth-order valence-electron chi connectivity index (χ4n) is 1.37. The third kappa shape index (κ3) is 4.31. The molecule has 0 saturated carbocycles. The molecule has 17 heavy (non-hydrogen) atoms. The number of aldehydes is 1. The molecule has 0 heterocycles. The molecule has 0 aromatic heterocycles. The third-order valence-electron chi connectivity index (χ3n) is 2.00. The smallest absolute Gasteiger partial charge is 0.150 e. The Morgan fingerprint density at radius 1 is 1.00 bits per heavy atom. The number of halogens is 1. The monoisotopic (exact) mass is 294 g/mol. The van der Waals surface area contributed by atoms with E-state index in [1.54, 1.807) is 0 Å². The van der Waals surface area contributed by atoms with Crippen molar-refractivity contribution in [2.75, 3.05) is 0 Å². The van der Waals surface area contributed by atoms with Crippen molar-refractivity contribution in [3.63, 3.8) is 0 Å². The van der Waals surface area contributed by atoms with Crippen LogP contribution in [0, 0.1) is 0 Å². The molecule has 0 aliphatic carbocycles. The maximum atomic E-state index is 10.7. The van der Waals surface area contributed by atoms with Gasteiger partial charge in [-0.3, -0.25) is 4.79 Å². The van der Waals surface area contributed by atoms with E-state index in [0.717, 1.165) is 27.1 Å². The molecule has 2 aromatic carbocycles. The number of benzene rings is 2. The summed E-state index contributed by atoms with van der Waals surface area (Å²) in [5.74, 6) is 0. The zero-order valence-electron chi connectivity index (χ0n) is 10.8. The molecule has 2 rings (SSSR count). The van der Waals surface area contributed by atoms with Crippen LogP contribution in [0.1, 0.15) is 38.1 Å². The zero-order valence-corrected chi connectivity index (χ0v) is 12.4. The van der Waals surface area contributed by atoms with E-state index >= 15 is 0 Å². The minimum Gasteiger partial charge on any atom is -0.298 e. The molecule has 0 saturated heterocycles. The highest BCUT2D eigenvalue weighted by Crippen LogP contribution is 2.21. The van der Waals surface area contributed by atoms with Crippen molar-refractivity contribution in [2.24, 2.45) is 0 Å². The minimum atomic E-state index is 0.735. The van der Waals surface area contributed by atoms with Gasteiger partial charge in [0.2, 0.25) is 0 Å². The first-order valence-electron chi connectivity index (χ1n) is 5.95. The molecule has 0 unspecified atom stereocenters. The maximum absolute atomic E-state index is 10.7. The highest BCUT2D eigenvalue weighted by atomic mass is 79.9. The summed E-state index contributed by atoms with van der Waals surface area (Å²) in [6.07, 6.45) is 0.884. The summed E-state index contributed by atoms with van der Waals surface area (Å²) in [4.78, 5) is 10.7. The van der Waals surface area contributed by atoms with Gasteiger partial charge in [-0.15, -0.1) is 0 Å². The highest BCUT2D eigenvalue weighted by molar-refractivity contribution is 9.10. The molecule has 0 atom stereocenters. The van der Waals surface area contributed by atoms with Gasteiger partial charge in [0.15, 0.2) is 6.29 Å². The van der Waals surface area contributed by atoms with Gasteiger partial charge in [-0.25, -0.2) is 0 Å². The molecular formula is C15H19BrO. The van der Waals surface area contributed by atoms with Crippen molar-refractivity contribution in [3.05, 3.63) is 46.4 Å². The lowest BCUT2D eigenvalue weighted by Crippen LogP contribution is -1.82. The van der Waals surface area contributed by atoms with Gasteiger partial charge < -0.3 is 0 Å². The number of fused-ring (bicyclic) bond motifs is 1. The SMILES string of the molecule is CC.CC.O=Cc1cccc2ccc(Br)cc12. The van der Waals surface area contributed by atoms with E-state index in [2.05, 4.69) is 15.9 Å². The Bertz CT molecular complexity index is 463. The van der Waals surface area contributed by atoms with Gasteiger partial charge in [0.05, 0.1) is 0 Å². The van der Waals surface area contributed by atoms with Gasteiger partial charge >= 0.3 is 0 Å². The number of hydrogen-bond acceptors (Lipinski definition) is 1. The van der Waals surface area contributed by atoms with Crippen LogP contribution in [0.25, 0.3) is 10.8 Å². The lowest BCUT2D eigenvalue weighted by atomic mass is 10.1. The second kappa shape index (κ2) is 8.94. The van der Waals surface area contributed by atoms with E-state index in [0.29, 0.717) is 0 Å². The number of carbonyl (C=O) groups is 1. The Morgan fingerprint density at radius 2 is 1.65 bits per heavy atom. The van der Waals surface area contributed by atoms with Gasteiger partial charge in [0.1, 0.15) is 0 Å². The molecule has 0 spiro atoms. The molecule has 1 nitrogen and oxygen atoms in total. The quantitative estimate of drug-likeness (QED) is 0.638. The molecule has 0 aliphatic heterocycles. The van der Waals surface area contributed by atoms with Crippen LogP contribution in [0.15, 0.2) is 40.9 Å². The molecular weight excluding hydrogens is 276 g/mol. The van der Waals surface area contributed by atoms with Crippen LogP contribution in [0.3, 0.4) is 0 Å². The topological polar surface area (TPSA) is 17.1 Å². The molecule has 2 aromatic rings. The molecule has 0 amide bonds. The van der Waals surface area contributed by atoms with Gasteiger partial charge in [-0.05, 0) is 22.9 Å². The van der Waals surface area contributed by atoms with E-state index < -0.39 is 0 Å². The van der Waals surface area contributed by atoms with E-state index in [1.807, 2.05) is 64.1 Å². The zero-order chi connectivity index (χ0) is 13.3. The van der Waals surface area contributed by atoms with Crippen molar-refractivity contribution < 1.29 is 4.79 Å². The first kappa shape index (κ1) is 15.9. The lowest BCUT2D eigenvalue weighted by molar-refractivity contribution is 0.112. The molecule has 0 fully saturated rings. The first-order chi connectivity index (χ1) is 8.31. The predicted octanol–water partition coefficient (Wildman–Crippen LogP) is 5.47. The average molecular weight is 295 g/mol. The predicted molar refractivity (Wildman–Crippen MR) is 79.7 cm³/mol. The van der Waals surface area contributed by atoms with Crippen LogP contribution >= 0.6 is 15.9 Å². The van der Waals surface area contributed by atoms with Crippen LogP contribution in [0.4, 0.5) is 0 Å². The average Bonchev–Trinajstić information content (AvgIpc) is 2.42. The van der Waals surface area contributed by atoms with Crippen LogP contribution in [0.5, 0.6) is 0 Å². The van der Waals surface area contributed by atoms with Crippen LogP contribution in [-0.2, 0) is 0 Å². The normalized spacial score (nSPS) is 8.53. The summed E-state index contributed by atoms with van der Waals surface area (Å²) in [5.41, 5.74) is 0.735. The summed E-state index contributed by atoms with van der Waals surface area (Å²) >= 11 is 3.38. The number of hydrogen-bond donors (Lipinski definition) is 0. The molecule has 2 heteroatoms. The molecule has 0 N–H and O–H groups in total. The van der Waals surface area contributed by atoms with Gasteiger partial charge in [0, 0.05) is 10.0 Å². The lowest BCUT2D eigenvalue weighted by Gasteiger charge is -2.00. The summed E-state index contributed by atoms with van der Waals surface area (Å²) in [6.45, 7) is 8.00. The number of rotatable bonds is 1. The Balaban J connectivity index is 0.000000581. The van der Waals surface area contributed by atoms with E-state index in [9.17, 15) is 4.79 Å². The van der Waals surface area contributed by atoms with Crippen molar-refractivity contribution in [2.45, 2.75) is 27.7 Å². The first-order valence-corrected chi connectivity index (χ1v) is 6.74. The molecule has 0 bridgehead atoms. The highest BCUT2D eigenvalue weighted by Gasteiger charge is 1.99. The Kier molecular flexibility index (Phi) is 8.34.